The molecule has 0 unspecified atom stereocenters. The fourth-order valence-electron chi connectivity index (χ4n) is 4.88. The van der Waals surface area contributed by atoms with Crippen molar-refractivity contribution in [3.63, 3.8) is 0 Å². The Labute approximate surface area is 228 Å². The van der Waals surface area contributed by atoms with Crippen molar-refractivity contribution < 1.29 is 9.53 Å². The number of hydrogen-bond acceptors (Lipinski definition) is 5. The summed E-state index contributed by atoms with van der Waals surface area (Å²) in [6.45, 7) is 3.83. The highest BCUT2D eigenvalue weighted by Gasteiger charge is 2.22. The number of pyridine rings is 1. The van der Waals surface area contributed by atoms with Crippen LogP contribution >= 0.6 is 0 Å². The number of aromatic nitrogens is 1. The summed E-state index contributed by atoms with van der Waals surface area (Å²) in [5.74, 6) is 1.26. The normalized spacial score (nSPS) is 13.7. The van der Waals surface area contributed by atoms with Crippen LogP contribution in [0.2, 0.25) is 0 Å². The molecule has 8 nitrogen and oxygen atoms in total. The number of nitrogens with one attached hydrogen (secondary N) is 2. The molecule has 1 aromatic heterocycles. The highest BCUT2D eigenvalue weighted by molar-refractivity contribution is 6.06. The molecule has 3 aromatic carbocycles. The van der Waals surface area contributed by atoms with Crippen LogP contribution in [-0.2, 0) is 6.54 Å². The van der Waals surface area contributed by atoms with Gasteiger partial charge in [0.15, 0.2) is 0 Å². The molecule has 1 aliphatic rings. The maximum atomic E-state index is 13.6. The minimum atomic E-state index is -0.127. The fourth-order valence-corrected chi connectivity index (χ4v) is 4.88. The SMILES string of the molecule is CC(=N)N1CCC(Oc2ccc(N(Cc3ccc4ccc(C(=N)N)cc4c3)C(=O)c3ccncc3)cc2)CC1. The number of piperidine rings is 1. The lowest BCUT2D eigenvalue weighted by Gasteiger charge is -2.33. The Balaban J connectivity index is 1.38. The highest BCUT2D eigenvalue weighted by Crippen LogP contribution is 2.27. The van der Waals surface area contributed by atoms with Crippen LogP contribution in [-0.4, -0.2) is 46.7 Å². The topological polar surface area (TPSA) is 119 Å². The Morgan fingerprint density at radius 1 is 0.949 bits per heavy atom. The van der Waals surface area contributed by atoms with Crippen molar-refractivity contribution in [2.45, 2.75) is 32.4 Å². The molecule has 1 aliphatic heterocycles. The molecular weight excluding hydrogens is 488 g/mol. The van der Waals surface area contributed by atoms with Crippen LogP contribution in [0.4, 0.5) is 5.69 Å². The van der Waals surface area contributed by atoms with Crippen molar-refractivity contribution in [2.75, 3.05) is 18.0 Å². The van der Waals surface area contributed by atoms with Crippen molar-refractivity contribution in [1.29, 1.82) is 10.8 Å². The van der Waals surface area contributed by atoms with Crippen LogP contribution in [0.5, 0.6) is 5.75 Å². The van der Waals surface area contributed by atoms with Gasteiger partial charge >= 0.3 is 0 Å². The predicted molar refractivity (Wildman–Crippen MR) is 155 cm³/mol. The van der Waals surface area contributed by atoms with Crippen molar-refractivity contribution in [2.24, 2.45) is 5.73 Å². The minimum absolute atomic E-state index is 0.0227. The summed E-state index contributed by atoms with van der Waals surface area (Å²) in [7, 11) is 0. The molecule has 0 saturated carbocycles. The molecule has 198 valence electrons. The number of carbonyl (C=O) groups excluding carboxylic acids is 1. The zero-order chi connectivity index (χ0) is 27.4. The van der Waals surface area contributed by atoms with Crippen molar-refractivity contribution in [3.8, 4) is 5.75 Å². The van der Waals surface area contributed by atoms with E-state index < -0.39 is 0 Å². The molecule has 39 heavy (non-hydrogen) atoms. The second kappa shape index (κ2) is 11.3. The van der Waals surface area contributed by atoms with Crippen molar-refractivity contribution in [1.82, 2.24) is 9.88 Å². The van der Waals surface area contributed by atoms with Gasteiger partial charge in [0.05, 0.1) is 12.4 Å². The van der Waals surface area contributed by atoms with Gasteiger partial charge in [-0.3, -0.25) is 20.6 Å². The second-order valence-corrected chi connectivity index (χ2v) is 9.82. The molecule has 4 aromatic rings. The number of carbonyl (C=O) groups is 1. The first kappa shape index (κ1) is 25.9. The van der Waals surface area contributed by atoms with E-state index in [0.29, 0.717) is 23.5 Å². The van der Waals surface area contributed by atoms with E-state index in [1.54, 1.807) is 29.4 Å². The first-order valence-corrected chi connectivity index (χ1v) is 13.0. The Morgan fingerprint density at radius 2 is 1.64 bits per heavy atom. The summed E-state index contributed by atoms with van der Waals surface area (Å²) in [5.41, 5.74) is 8.63. The zero-order valence-electron chi connectivity index (χ0n) is 21.9. The Bertz CT molecular complexity index is 1500. The van der Waals surface area contributed by atoms with Gasteiger partial charge in [-0.05, 0) is 71.8 Å². The van der Waals surface area contributed by atoms with Gasteiger partial charge in [0, 0.05) is 55.1 Å². The molecule has 0 radical (unpaired) electrons. The number of hydrogen-bond donors (Lipinski definition) is 3. The third-order valence-corrected chi connectivity index (χ3v) is 7.10. The lowest BCUT2D eigenvalue weighted by atomic mass is 10.0. The third kappa shape index (κ3) is 6.06. The van der Waals surface area contributed by atoms with Crippen LogP contribution in [0.1, 0.15) is 41.3 Å². The summed E-state index contributed by atoms with van der Waals surface area (Å²) in [6, 6.07) is 22.9. The van der Waals surface area contributed by atoms with E-state index in [0.717, 1.165) is 53.7 Å². The lowest BCUT2D eigenvalue weighted by molar-refractivity contribution is 0.0984. The van der Waals surface area contributed by atoms with Gasteiger partial charge in [-0.25, -0.2) is 0 Å². The van der Waals surface area contributed by atoms with E-state index in [4.69, 9.17) is 21.3 Å². The number of rotatable bonds is 7. The van der Waals surface area contributed by atoms with E-state index in [9.17, 15) is 4.79 Å². The van der Waals surface area contributed by atoms with Gasteiger partial charge in [-0.2, -0.15) is 0 Å². The molecule has 0 aliphatic carbocycles. The van der Waals surface area contributed by atoms with Crippen LogP contribution < -0.4 is 15.4 Å². The number of likely N-dealkylation sites (tertiary alicyclic amines) is 1. The molecule has 0 spiro atoms. The molecular formula is C31H32N6O2. The summed E-state index contributed by atoms with van der Waals surface area (Å²) in [6.07, 6.45) is 5.09. The van der Waals surface area contributed by atoms with Crippen LogP contribution in [0.15, 0.2) is 85.2 Å². The largest absolute Gasteiger partial charge is 0.490 e. The van der Waals surface area contributed by atoms with Crippen LogP contribution in [0, 0.1) is 10.8 Å². The van der Waals surface area contributed by atoms with Crippen LogP contribution in [0.25, 0.3) is 10.8 Å². The van der Waals surface area contributed by atoms with Gasteiger partial charge in [-0.15, -0.1) is 0 Å². The second-order valence-electron chi connectivity index (χ2n) is 9.82. The van der Waals surface area contributed by atoms with E-state index >= 15 is 0 Å². The Kier molecular flexibility index (Phi) is 7.54. The number of nitrogens with two attached hydrogens (primary N) is 1. The smallest absolute Gasteiger partial charge is 0.258 e. The highest BCUT2D eigenvalue weighted by atomic mass is 16.5. The summed E-state index contributed by atoms with van der Waals surface area (Å²) < 4.78 is 6.22. The van der Waals surface area contributed by atoms with E-state index in [2.05, 4.69) is 9.88 Å². The summed E-state index contributed by atoms with van der Waals surface area (Å²) in [4.78, 5) is 21.5. The van der Waals surface area contributed by atoms with Crippen LogP contribution in [0.3, 0.4) is 0 Å². The molecule has 0 atom stereocenters. The first-order chi connectivity index (χ1) is 18.9. The Morgan fingerprint density at radius 3 is 2.31 bits per heavy atom. The Hall–Kier alpha value is -4.72. The third-order valence-electron chi connectivity index (χ3n) is 7.10. The van der Waals surface area contributed by atoms with Gasteiger partial charge in [-0.1, -0.05) is 24.3 Å². The molecule has 0 bridgehead atoms. The van der Waals surface area contributed by atoms with Gasteiger partial charge in [0.25, 0.3) is 5.91 Å². The standard InChI is InChI=1S/C31H32N6O2/c1-21(32)36-16-12-29(13-17-36)39-28-8-6-27(7-9-28)37(31(38)24-10-14-35-15-11-24)20-22-2-3-23-4-5-25(30(33)34)19-26(23)18-22/h2-11,14-15,18-19,29,32H,12-13,16-17,20H2,1H3,(H3,33,34). The molecule has 1 amide bonds. The van der Waals surface area contributed by atoms with Gasteiger partial charge in [0.2, 0.25) is 0 Å². The van der Waals surface area contributed by atoms with Crippen molar-refractivity contribution >= 4 is 34.0 Å². The monoisotopic (exact) mass is 520 g/mol. The first-order valence-electron chi connectivity index (χ1n) is 13.0. The predicted octanol–water partition coefficient (Wildman–Crippen LogP) is 5.21. The minimum Gasteiger partial charge on any atom is -0.490 e. The fraction of sp³-hybridized carbons (Fsp3) is 0.226. The van der Waals surface area contributed by atoms with Gasteiger partial charge in [0.1, 0.15) is 17.7 Å². The average molecular weight is 521 g/mol. The molecule has 4 N–H and O–H groups in total. The molecule has 1 saturated heterocycles. The lowest BCUT2D eigenvalue weighted by Crippen LogP contribution is -2.40. The summed E-state index contributed by atoms with van der Waals surface area (Å²) >= 11 is 0. The molecule has 8 heteroatoms. The molecule has 2 heterocycles. The number of nitrogen functional groups attached to an aromatic ring is 1. The quantitative estimate of drug-likeness (QED) is 0.228. The van der Waals surface area contributed by atoms with E-state index in [1.807, 2.05) is 67.6 Å². The maximum Gasteiger partial charge on any atom is 0.258 e. The van der Waals surface area contributed by atoms with Crippen molar-refractivity contribution in [3.05, 3.63) is 102 Å². The number of anilines is 1. The average Bonchev–Trinajstić information content (AvgIpc) is 2.96. The number of ether oxygens (including phenoxy) is 1. The van der Waals surface area contributed by atoms with Gasteiger partial charge < -0.3 is 20.3 Å². The number of nitrogens with zero attached hydrogens (tertiary/aromatic N) is 3. The zero-order valence-corrected chi connectivity index (χ0v) is 21.9. The number of amidine groups is 2. The van der Waals surface area contributed by atoms with E-state index in [1.165, 1.54) is 0 Å². The molecule has 1 fully saturated rings. The maximum absolute atomic E-state index is 13.6. The molecule has 5 rings (SSSR count). The number of amides is 1. The van der Waals surface area contributed by atoms with E-state index in [-0.39, 0.29) is 17.8 Å². The number of benzene rings is 3. The number of fused-ring (bicyclic) bond motifs is 1. The summed E-state index contributed by atoms with van der Waals surface area (Å²) in [5, 5.41) is 17.6.